The van der Waals surface area contributed by atoms with Crippen molar-refractivity contribution in [3.8, 4) is 9.88 Å². The van der Waals surface area contributed by atoms with Crippen molar-refractivity contribution in [2.45, 2.75) is 44.7 Å². The Kier molecular flexibility index (Phi) is 5.12. The van der Waals surface area contributed by atoms with Gasteiger partial charge in [-0.15, -0.1) is 27.8 Å². The Morgan fingerprint density at radius 1 is 1.31 bits per heavy atom. The second-order valence-electron chi connectivity index (χ2n) is 6.66. The smallest absolute Gasteiger partial charge is 0.276 e. The van der Waals surface area contributed by atoms with E-state index in [1.807, 2.05) is 21.5 Å². The van der Waals surface area contributed by atoms with Crippen LogP contribution in [0, 0.1) is 0 Å². The summed E-state index contributed by atoms with van der Waals surface area (Å²) in [5.41, 5.74) is 1.31. The summed E-state index contributed by atoms with van der Waals surface area (Å²) >= 11 is 3.28. The van der Waals surface area contributed by atoms with E-state index >= 15 is 0 Å². The van der Waals surface area contributed by atoms with Crippen LogP contribution in [0.4, 0.5) is 0 Å². The summed E-state index contributed by atoms with van der Waals surface area (Å²) in [6, 6.07) is 4.47. The SMILES string of the molecule is CN(Cc1csc(-c2cccs2)n1)C(=O)c1cn(C2CCCCC2)nn1. The number of thiophene rings is 1. The summed E-state index contributed by atoms with van der Waals surface area (Å²) in [5.74, 6) is -0.113. The zero-order chi connectivity index (χ0) is 17.9. The predicted octanol–water partition coefficient (Wildman–Crippen LogP) is 4.24. The fourth-order valence-corrected chi connectivity index (χ4v) is 4.93. The standard InChI is InChI=1S/C18H21N5OS2/c1-22(10-13-12-26-17(19-13)16-8-5-9-25-16)18(24)15-11-23(21-20-15)14-6-3-2-4-7-14/h5,8-9,11-12,14H,2-4,6-7,10H2,1H3. The summed E-state index contributed by atoms with van der Waals surface area (Å²) in [7, 11) is 1.78. The van der Waals surface area contributed by atoms with E-state index in [0.717, 1.165) is 28.4 Å². The van der Waals surface area contributed by atoms with Gasteiger partial charge in [-0.2, -0.15) is 0 Å². The molecule has 3 aromatic rings. The van der Waals surface area contributed by atoms with Gasteiger partial charge in [-0.05, 0) is 24.3 Å². The third-order valence-electron chi connectivity index (χ3n) is 4.71. The molecule has 26 heavy (non-hydrogen) atoms. The van der Waals surface area contributed by atoms with Crippen molar-refractivity contribution in [1.29, 1.82) is 0 Å². The van der Waals surface area contributed by atoms with E-state index in [0.29, 0.717) is 18.3 Å². The van der Waals surface area contributed by atoms with E-state index in [9.17, 15) is 4.79 Å². The van der Waals surface area contributed by atoms with Gasteiger partial charge in [0.15, 0.2) is 5.69 Å². The lowest BCUT2D eigenvalue weighted by Crippen LogP contribution is -2.26. The van der Waals surface area contributed by atoms with Crippen LogP contribution in [-0.4, -0.2) is 37.8 Å². The first kappa shape index (κ1) is 17.4. The van der Waals surface area contributed by atoms with Gasteiger partial charge in [-0.3, -0.25) is 4.79 Å². The predicted molar refractivity (Wildman–Crippen MR) is 103 cm³/mol. The van der Waals surface area contributed by atoms with E-state index in [-0.39, 0.29) is 5.91 Å². The number of nitrogens with zero attached hydrogens (tertiary/aromatic N) is 5. The normalized spacial score (nSPS) is 15.3. The topological polar surface area (TPSA) is 63.9 Å². The van der Waals surface area contributed by atoms with Crippen molar-refractivity contribution in [3.63, 3.8) is 0 Å². The molecule has 1 aliphatic rings. The van der Waals surface area contributed by atoms with Crippen LogP contribution >= 0.6 is 22.7 Å². The maximum Gasteiger partial charge on any atom is 0.276 e. The Morgan fingerprint density at radius 2 is 2.15 bits per heavy atom. The second-order valence-corrected chi connectivity index (χ2v) is 8.46. The monoisotopic (exact) mass is 387 g/mol. The third-order valence-corrected chi connectivity index (χ3v) is 6.64. The Balaban J connectivity index is 1.41. The maximum absolute atomic E-state index is 12.7. The molecule has 8 heteroatoms. The second kappa shape index (κ2) is 7.67. The van der Waals surface area contributed by atoms with Gasteiger partial charge in [0.1, 0.15) is 5.01 Å². The van der Waals surface area contributed by atoms with Crippen molar-refractivity contribution in [2.24, 2.45) is 0 Å². The van der Waals surface area contributed by atoms with E-state index < -0.39 is 0 Å². The quantitative estimate of drug-likeness (QED) is 0.657. The molecule has 0 unspecified atom stereocenters. The number of amides is 1. The number of aromatic nitrogens is 4. The average Bonchev–Trinajstić information content (AvgIpc) is 3.42. The highest BCUT2D eigenvalue weighted by Crippen LogP contribution is 2.29. The molecule has 1 aliphatic carbocycles. The fourth-order valence-electron chi connectivity index (χ4n) is 3.30. The number of carbonyl (C=O) groups is 1. The van der Waals surface area contributed by atoms with Gasteiger partial charge >= 0.3 is 0 Å². The van der Waals surface area contributed by atoms with Crippen LogP contribution in [0.15, 0.2) is 29.1 Å². The number of rotatable bonds is 5. The van der Waals surface area contributed by atoms with Gasteiger partial charge in [0, 0.05) is 12.4 Å². The lowest BCUT2D eigenvalue weighted by atomic mass is 9.96. The van der Waals surface area contributed by atoms with Gasteiger partial charge in [0.25, 0.3) is 5.91 Å². The Bertz CT molecular complexity index is 864. The zero-order valence-electron chi connectivity index (χ0n) is 14.7. The molecule has 0 atom stereocenters. The first-order valence-electron chi connectivity index (χ1n) is 8.86. The minimum absolute atomic E-state index is 0.113. The summed E-state index contributed by atoms with van der Waals surface area (Å²) < 4.78 is 1.87. The average molecular weight is 388 g/mol. The highest BCUT2D eigenvalue weighted by atomic mass is 32.1. The van der Waals surface area contributed by atoms with Gasteiger partial charge in [-0.25, -0.2) is 9.67 Å². The highest BCUT2D eigenvalue weighted by Gasteiger charge is 2.21. The largest absolute Gasteiger partial charge is 0.334 e. The van der Waals surface area contributed by atoms with Crippen molar-refractivity contribution in [1.82, 2.24) is 24.9 Å². The summed E-state index contributed by atoms with van der Waals surface area (Å²) in [5, 5.41) is 13.4. The van der Waals surface area contributed by atoms with E-state index in [2.05, 4.69) is 21.4 Å². The van der Waals surface area contributed by atoms with Crippen LogP contribution in [0.1, 0.15) is 54.3 Å². The lowest BCUT2D eigenvalue weighted by Gasteiger charge is -2.21. The zero-order valence-corrected chi connectivity index (χ0v) is 16.3. The van der Waals surface area contributed by atoms with Crippen LogP contribution in [0.25, 0.3) is 9.88 Å². The number of hydrogen-bond acceptors (Lipinski definition) is 6. The molecule has 1 fully saturated rings. The molecule has 0 bridgehead atoms. The Labute approximate surface area is 160 Å². The van der Waals surface area contributed by atoms with Crippen LogP contribution < -0.4 is 0 Å². The van der Waals surface area contributed by atoms with Gasteiger partial charge in [0.05, 0.1) is 29.4 Å². The first-order valence-corrected chi connectivity index (χ1v) is 10.6. The minimum Gasteiger partial charge on any atom is -0.334 e. The maximum atomic E-state index is 12.7. The van der Waals surface area contributed by atoms with Crippen molar-refractivity contribution >= 4 is 28.6 Å². The van der Waals surface area contributed by atoms with Crippen molar-refractivity contribution in [3.05, 3.63) is 40.5 Å². The van der Waals surface area contributed by atoms with Crippen molar-refractivity contribution < 1.29 is 4.79 Å². The molecule has 0 radical (unpaired) electrons. The Morgan fingerprint density at radius 3 is 2.92 bits per heavy atom. The lowest BCUT2D eigenvalue weighted by molar-refractivity contribution is 0.0777. The minimum atomic E-state index is -0.113. The Hall–Kier alpha value is -2.06. The van der Waals surface area contributed by atoms with Crippen LogP contribution in [-0.2, 0) is 6.54 Å². The molecule has 0 aromatic carbocycles. The molecule has 1 amide bonds. The fraction of sp³-hybridized carbons (Fsp3) is 0.444. The van der Waals surface area contributed by atoms with E-state index in [4.69, 9.17) is 0 Å². The van der Waals surface area contributed by atoms with Gasteiger partial charge in [0.2, 0.25) is 0 Å². The number of hydrogen-bond donors (Lipinski definition) is 0. The van der Waals surface area contributed by atoms with Crippen molar-refractivity contribution in [2.75, 3.05) is 7.05 Å². The number of thiazole rings is 1. The summed E-state index contributed by atoms with van der Waals surface area (Å²) in [4.78, 5) is 20.1. The molecule has 0 saturated heterocycles. The van der Waals surface area contributed by atoms with Crippen LogP contribution in [0.2, 0.25) is 0 Å². The highest BCUT2D eigenvalue weighted by molar-refractivity contribution is 7.20. The van der Waals surface area contributed by atoms with Gasteiger partial charge < -0.3 is 4.90 Å². The van der Waals surface area contributed by atoms with Crippen LogP contribution in [0.5, 0.6) is 0 Å². The van der Waals surface area contributed by atoms with E-state index in [1.54, 1.807) is 40.8 Å². The molecule has 3 heterocycles. The van der Waals surface area contributed by atoms with Gasteiger partial charge in [-0.1, -0.05) is 30.5 Å². The molecule has 4 rings (SSSR count). The molecule has 1 saturated carbocycles. The molecular formula is C18H21N5OS2. The molecule has 0 N–H and O–H groups in total. The summed E-state index contributed by atoms with van der Waals surface area (Å²) in [6.45, 7) is 0.469. The molecular weight excluding hydrogens is 366 g/mol. The molecule has 136 valence electrons. The molecule has 6 nitrogen and oxygen atoms in total. The molecule has 0 spiro atoms. The van der Waals surface area contributed by atoms with E-state index in [1.165, 1.54) is 19.3 Å². The number of carbonyl (C=O) groups excluding carboxylic acids is 1. The summed E-state index contributed by atoms with van der Waals surface area (Å²) in [6.07, 6.45) is 7.79. The first-order chi connectivity index (χ1) is 12.7. The molecule has 0 aliphatic heterocycles. The van der Waals surface area contributed by atoms with Crippen LogP contribution in [0.3, 0.4) is 0 Å². The molecule has 3 aromatic heterocycles. The third kappa shape index (κ3) is 3.71.